The van der Waals surface area contributed by atoms with Crippen molar-refractivity contribution in [1.82, 2.24) is 5.32 Å². The molecule has 1 aromatic heterocycles. The van der Waals surface area contributed by atoms with E-state index in [0.717, 1.165) is 6.21 Å². The lowest BCUT2D eigenvalue weighted by molar-refractivity contribution is 0.0879. The first-order valence-electron chi connectivity index (χ1n) is 5.46. The quantitative estimate of drug-likeness (QED) is 0.370. The van der Waals surface area contributed by atoms with E-state index in [2.05, 4.69) is 10.5 Å². The van der Waals surface area contributed by atoms with E-state index >= 15 is 0 Å². The third-order valence-corrected chi connectivity index (χ3v) is 2.83. The molecule has 2 amide bonds. The lowest BCUT2D eigenvalue weighted by atomic mass is 10.0. The van der Waals surface area contributed by atoms with Crippen molar-refractivity contribution >= 4 is 18.0 Å². The molecule has 0 saturated heterocycles. The van der Waals surface area contributed by atoms with Crippen LogP contribution in [-0.4, -0.2) is 23.2 Å². The molecule has 0 bridgehead atoms. The van der Waals surface area contributed by atoms with Crippen LogP contribution in [0.2, 0.25) is 0 Å². The highest BCUT2D eigenvalue weighted by atomic mass is 16.4. The Bertz CT molecular complexity index is 715. The van der Waals surface area contributed by atoms with Crippen LogP contribution in [-0.2, 0) is 0 Å². The second-order valence-corrected chi connectivity index (χ2v) is 3.99. The number of rotatable bonds is 2. The molecule has 6 heteroatoms. The van der Waals surface area contributed by atoms with Crippen molar-refractivity contribution in [3.8, 4) is 11.3 Å². The Kier molecular flexibility index (Phi) is 2.42. The summed E-state index contributed by atoms with van der Waals surface area (Å²) in [5, 5.41) is 13.5. The highest BCUT2D eigenvalue weighted by Gasteiger charge is 2.27. The Labute approximate surface area is 107 Å². The van der Waals surface area contributed by atoms with Crippen molar-refractivity contribution in [3.05, 3.63) is 47.2 Å². The van der Waals surface area contributed by atoms with E-state index < -0.39 is 5.91 Å². The van der Waals surface area contributed by atoms with Crippen LogP contribution >= 0.6 is 0 Å². The molecule has 0 aliphatic carbocycles. The monoisotopic (exact) mass is 256 g/mol. The number of imide groups is 1. The van der Waals surface area contributed by atoms with Gasteiger partial charge < -0.3 is 9.62 Å². The fourth-order valence-corrected chi connectivity index (χ4v) is 1.96. The summed E-state index contributed by atoms with van der Waals surface area (Å²) in [7, 11) is 0. The zero-order chi connectivity index (χ0) is 13.4. The molecule has 0 fully saturated rings. The number of furan rings is 1. The van der Waals surface area contributed by atoms with Gasteiger partial charge in [-0.1, -0.05) is 11.2 Å². The third kappa shape index (κ3) is 1.79. The van der Waals surface area contributed by atoms with Gasteiger partial charge in [-0.15, -0.1) is 0 Å². The Morgan fingerprint density at radius 2 is 1.89 bits per heavy atom. The molecule has 3 rings (SSSR count). The molecule has 0 saturated carbocycles. The molecular formula is C13H8N2O4. The minimum absolute atomic E-state index is 0.330. The number of hydrogen-bond acceptors (Lipinski definition) is 5. The molecule has 0 spiro atoms. The van der Waals surface area contributed by atoms with Crippen molar-refractivity contribution in [2.24, 2.45) is 5.16 Å². The molecule has 0 radical (unpaired) electrons. The number of oxime groups is 1. The van der Waals surface area contributed by atoms with Crippen LogP contribution in [0, 0.1) is 0 Å². The van der Waals surface area contributed by atoms with Gasteiger partial charge in [0.25, 0.3) is 11.8 Å². The number of benzene rings is 1. The van der Waals surface area contributed by atoms with Crippen molar-refractivity contribution < 1.29 is 19.2 Å². The molecule has 1 aliphatic rings. The predicted octanol–water partition coefficient (Wildman–Crippen LogP) is 1.64. The molecule has 6 nitrogen and oxygen atoms in total. The normalized spacial score (nSPS) is 13.9. The number of amides is 2. The molecule has 0 unspecified atom stereocenters. The average molecular weight is 256 g/mol. The Morgan fingerprint density at radius 1 is 1.11 bits per heavy atom. The summed E-state index contributed by atoms with van der Waals surface area (Å²) in [6, 6.07) is 8.18. The zero-order valence-corrected chi connectivity index (χ0v) is 9.58. The van der Waals surface area contributed by atoms with Gasteiger partial charge in [0.15, 0.2) is 0 Å². The number of hydrogen-bond donors (Lipinski definition) is 2. The molecule has 2 aromatic rings. The maximum atomic E-state index is 11.6. The van der Waals surface area contributed by atoms with Gasteiger partial charge in [0.2, 0.25) is 0 Å². The lowest BCUT2D eigenvalue weighted by Crippen LogP contribution is -2.19. The van der Waals surface area contributed by atoms with Crippen molar-refractivity contribution in [3.63, 3.8) is 0 Å². The van der Waals surface area contributed by atoms with E-state index in [1.54, 1.807) is 30.3 Å². The summed E-state index contributed by atoms with van der Waals surface area (Å²) in [6.07, 6.45) is 1.16. The number of carbonyl (C=O) groups is 2. The van der Waals surface area contributed by atoms with E-state index in [9.17, 15) is 9.59 Å². The van der Waals surface area contributed by atoms with Gasteiger partial charge in [-0.2, -0.15) is 0 Å². The number of nitrogens with zero attached hydrogens (tertiary/aromatic N) is 1. The minimum atomic E-state index is -0.412. The first-order valence-corrected chi connectivity index (χ1v) is 5.46. The number of nitrogens with one attached hydrogen (secondary N) is 1. The number of fused-ring (bicyclic) bond motifs is 1. The fourth-order valence-electron chi connectivity index (χ4n) is 1.96. The summed E-state index contributed by atoms with van der Waals surface area (Å²) < 4.78 is 5.41. The molecule has 94 valence electrons. The summed E-state index contributed by atoms with van der Waals surface area (Å²) >= 11 is 0. The van der Waals surface area contributed by atoms with Gasteiger partial charge in [0.05, 0.1) is 11.1 Å². The van der Waals surface area contributed by atoms with Gasteiger partial charge in [0.1, 0.15) is 17.7 Å². The minimum Gasteiger partial charge on any atom is -0.455 e. The molecule has 1 aromatic carbocycles. The van der Waals surface area contributed by atoms with Crippen LogP contribution in [0.1, 0.15) is 26.5 Å². The van der Waals surface area contributed by atoms with Crippen LogP contribution in [0.4, 0.5) is 0 Å². The summed E-state index contributed by atoms with van der Waals surface area (Å²) in [5.74, 6) is 0.105. The summed E-state index contributed by atoms with van der Waals surface area (Å²) in [5.41, 5.74) is 1.36. The first-order chi connectivity index (χ1) is 9.19. The lowest BCUT2D eigenvalue weighted by Gasteiger charge is -1.99. The van der Waals surface area contributed by atoms with Crippen LogP contribution in [0.25, 0.3) is 11.3 Å². The largest absolute Gasteiger partial charge is 0.455 e. The van der Waals surface area contributed by atoms with E-state index in [0.29, 0.717) is 28.2 Å². The SMILES string of the molecule is O=C1NC(=O)c2cc(-c3ccc(/C=N/O)o3)ccc21. The predicted molar refractivity (Wildman–Crippen MR) is 65.3 cm³/mol. The van der Waals surface area contributed by atoms with Gasteiger partial charge >= 0.3 is 0 Å². The van der Waals surface area contributed by atoms with Crippen molar-refractivity contribution in [1.29, 1.82) is 0 Å². The third-order valence-electron chi connectivity index (χ3n) is 2.83. The van der Waals surface area contributed by atoms with Gasteiger partial charge in [-0.25, -0.2) is 0 Å². The second-order valence-electron chi connectivity index (χ2n) is 3.99. The first kappa shape index (κ1) is 11.2. The molecule has 2 N–H and O–H groups in total. The molecule has 1 aliphatic heterocycles. The summed E-state index contributed by atoms with van der Waals surface area (Å²) in [6.45, 7) is 0. The number of carbonyl (C=O) groups excluding carboxylic acids is 2. The maximum Gasteiger partial charge on any atom is 0.258 e. The second kappa shape index (κ2) is 4.09. The maximum absolute atomic E-state index is 11.6. The Hall–Kier alpha value is -2.89. The standard InChI is InChI=1S/C13H8N2O4/c16-12-9-3-1-7(5-10(9)13(17)15-12)11-4-2-8(19-11)6-14-18/h1-6,18H,(H,15,16,17)/b14-6+. The van der Waals surface area contributed by atoms with Crippen molar-refractivity contribution in [2.45, 2.75) is 0 Å². The van der Waals surface area contributed by atoms with Crippen LogP contribution < -0.4 is 5.32 Å². The van der Waals surface area contributed by atoms with Crippen molar-refractivity contribution in [2.75, 3.05) is 0 Å². The highest BCUT2D eigenvalue weighted by molar-refractivity contribution is 6.21. The molecular weight excluding hydrogens is 248 g/mol. The smallest absolute Gasteiger partial charge is 0.258 e. The van der Waals surface area contributed by atoms with Crippen LogP contribution in [0.15, 0.2) is 39.9 Å². The molecule has 0 atom stereocenters. The Balaban J connectivity index is 2.04. The fraction of sp³-hybridized carbons (Fsp3) is 0. The Morgan fingerprint density at radius 3 is 2.68 bits per heavy atom. The topological polar surface area (TPSA) is 91.9 Å². The average Bonchev–Trinajstić information content (AvgIpc) is 2.96. The van der Waals surface area contributed by atoms with E-state index in [1.807, 2.05) is 0 Å². The van der Waals surface area contributed by atoms with E-state index in [4.69, 9.17) is 9.62 Å². The zero-order valence-electron chi connectivity index (χ0n) is 9.58. The molecule has 2 heterocycles. The van der Waals surface area contributed by atoms with Crippen LogP contribution in [0.3, 0.4) is 0 Å². The highest BCUT2D eigenvalue weighted by Crippen LogP contribution is 2.26. The van der Waals surface area contributed by atoms with Gasteiger partial charge in [-0.3, -0.25) is 14.9 Å². The van der Waals surface area contributed by atoms with E-state index in [-0.39, 0.29) is 5.91 Å². The summed E-state index contributed by atoms with van der Waals surface area (Å²) in [4.78, 5) is 23.0. The van der Waals surface area contributed by atoms with Crippen LogP contribution in [0.5, 0.6) is 0 Å². The van der Waals surface area contributed by atoms with Gasteiger partial charge in [0, 0.05) is 5.56 Å². The van der Waals surface area contributed by atoms with Gasteiger partial charge in [-0.05, 0) is 24.3 Å². The van der Waals surface area contributed by atoms with E-state index in [1.165, 1.54) is 0 Å². The molecule has 19 heavy (non-hydrogen) atoms.